The molecule has 0 bridgehead atoms. The standard InChI is InChI=1S/C15H14INO2/c1-9-4-3-5-11(14(9)17)15(18)12-8-10(16)6-7-13(12)19-2/h3-8H,17H2,1-2H3. The number of nitrogen functional groups attached to an aromatic ring is 1. The average molecular weight is 367 g/mol. The quantitative estimate of drug-likeness (QED) is 0.514. The second kappa shape index (κ2) is 5.61. The molecule has 0 saturated carbocycles. The van der Waals surface area contributed by atoms with Crippen molar-refractivity contribution in [1.82, 2.24) is 0 Å². The third-order valence-corrected chi connectivity index (χ3v) is 3.65. The number of hydrogen-bond acceptors (Lipinski definition) is 3. The largest absolute Gasteiger partial charge is 0.496 e. The van der Waals surface area contributed by atoms with E-state index >= 15 is 0 Å². The van der Waals surface area contributed by atoms with Gasteiger partial charge in [-0.1, -0.05) is 12.1 Å². The molecule has 2 aromatic rings. The Morgan fingerprint density at radius 1 is 1.21 bits per heavy atom. The van der Waals surface area contributed by atoms with Crippen LogP contribution >= 0.6 is 22.6 Å². The Labute approximate surface area is 125 Å². The molecule has 0 fully saturated rings. The molecule has 0 amide bonds. The first kappa shape index (κ1) is 13.9. The summed E-state index contributed by atoms with van der Waals surface area (Å²) in [5.41, 5.74) is 8.46. The van der Waals surface area contributed by atoms with E-state index in [-0.39, 0.29) is 5.78 Å². The fourth-order valence-corrected chi connectivity index (χ4v) is 2.37. The Morgan fingerprint density at radius 3 is 2.63 bits per heavy atom. The van der Waals surface area contributed by atoms with Crippen LogP contribution in [0.5, 0.6) is 5.75 Å². The molecule has 0 aliphatic carbocycles. The number of ether oxygens (including phenoxy) is 1. The van der Waals surface area contributed by atoms with Crippen molar-refractivity contribution in [1.29, 1.82) is 0 Å². The number of halogens is 1. The SMILES string of the molecule is COc1ccc(I)cc1C(=O)c1cccc(C)c1N. The van der Waals surface area contributed by atoms with Gasteiger partial charge in [-0.15, -0.1) is 0 Å². The number of nitrogens with two attached hydrogens (primary N) is 1. The minimum Gasteiger partial charge on any atom is -0.496 e. The molecule has 2 rings (SSSR count). The van der Waals surface area contributed by atoms with Crippen molar-refractivity contribution in [2.24, 2.45) is 0 Å². The summed E-state index contributed by atoms with van der Waals surface area (Å²) in [6, 6.07) is 11.0. The van der Waals surface area contributed by atoms with Crippen LogP contribution in [-0.2, 0) is 0 Å². The fourth-order valence-electron chi connectivity index (χ4n) is 1.88. The van der Waals surface area contributed by atoms with Crippen molar-refractivity contribution < 1.29 is 9.53 Å². The van der Waals surface area contributed by atoms with Gasteiger partial charge in [0.15, 0.2) is 5.78 Å². The number of benzene rings is 2. The van der Waals surface area contributed by atoms with Crippen molar-refractivity contribution in [3.05, 3.63) is 56.7 Å². The first-order valence-electron chi connectivity index (χ1n) is 5.78. The van der Waals surface area contributed by atoms with Crippen LogP contribution in [0.4, 0.5) is 5.69 Å². The molecular weight excluding hydrogens is 353 g/mol. The van der Waals surface area contributed by atoms with E-state index in [9.17, 15) is 4.79 Å². The summed E-state index contributed by atoms with van der Waals surface area (Å²) in [6.45, 7) is 1.89. The summed E-state index contributed by atoms with van der Waals surface area (Å²) in [6.07, 6.45) is 0. The molecule has 4 heteroatoms. The van der Waals surface area contributed by atoms with Crippen LogP contribution in [0.25, 0.3) is 0 Å². The molecule has 0 spiro atoms. The van der Waals surface area contributed by atoms with E-state index < -0.39 is 0 Å². The minimum absolute atomic E-state index is 0.114. The molecule has 0 atom stereocenters. The molecule has 0 heterocycles. The Hall–Kier alpha value is -1.56. The van der Waals surface area contributed by atoms with Gasteiger partial charge >= 0.3 is 0 Å². The molecule has 0 aliphatic rings. The highest BCUT2D eigenvalue weighted by atomic mass is 127. The number of carbonyl (C=O) groups is 1. The number of ketones is 1. The number of hydrogen-bond donors (Lipinski definition) is 1. The summed E-state index contributed by atoms with van der Waals surface area (Å²) in [7, 11) is 1.55. The van der Waals surface area contributed by atoms with Crippen LogP contribution in [0.1, 0.15) is 21.5 Å². The van der Waals surface area contributed by atoms with Gasteiger partial charge in [0, 0.05) is 14.8 Å². The van der Waals surface area contributed by atoms with E-state index in [4.69, 9.17) is 10.5 Å². The topological polar surface area (TPSA) is 52.3 Å². The van der Waals surface area contributed by atoms with Crippen molar-refractivity contribution in [3.8, 4) is 5.75 Å². The highest BCUT2D eigenvalue weighted by Crippen LogP contribution is 2.27. The van der Waals surface area contributed by atoms with E-state index in [2.05, 4.69) is 22.6 Å². The molecule has 98 valence electrons. The Bertz CT molecular complexity index is 638. The monoisotopic (exact) mass is 367 g/mol. The summed E-state index contributed by atoms with van der Waals surface area (Å²) in [5.74, 6) is 0.447. The van der Waals surface area contributed by atoms with Gasteiger partial charge in [0.05, 0.1) is 12.7 Å². The number of aryl methyl sites for hydroxylation is 1. The zero-order chi connectivity index (χ0) is 14.0. The van der Waals surface area contributed by atoms with Gasteiger partial charge in [-0.05, 0) is 59.3 Å². The molecule has 19 heavy (non-hydrogen) atoms. The van der Waals surface area contributed by atoms with Gasteiger partial charge in [0.2, 0.25) is 0 Å². The van der Waals surface area contributed by atoms with E-state index in [1.807, 2.05) is 31.2 Å². The lowest BCUT2D eigenvalue weighted by Crippen LogP contribution is -2.08. The van der Waals surface area contributed by atoms with Crippen LogP contribution in [0.3, 0.4) is 0 Å². The smallest absolute Gasteiger partial charge is 0.198 e. The zero-order valence-electron chi connectivity index (χ0n) is 10.7. The number of anilines is 1. The van der Waals surface area contributed by atoms with Gasteiger partial charge in [-0.25, -0.2) is 0 Å². The van der Waals surface area contributed by atoms with E-state index in [1.54, 1.807) is 19.2 Å². The fraction of sp³-hybridized carbons (Fsp3) is 0.133. The molecule has 0 unspecified atom stereocenters. The molecule has 0 aromatic heterocycles. The Balaban J connectivity index is 2.56. The van der Waals surface area contributed by atoms with Crippen LogP contribution in [0, 0.1) is 10.5 Å². The van der Waals surface area contributed by atoms with Gasteiger partial charge in [-0.3, -0.25) is 4.79 Å². The number of para-hydroxylation sites is 1. The molecule has 0 radical (unpaired) electrons. The Morgan fingerprint density at radius 2 is 1.95 bits per heavy atom. The van der Waals surface area contributed by atoms with E-state index in [0.29, 0.717) is 22.6 Å². The summed E-state index contributed by atoms with van der Waals surface area (Å²) >= 11 is 2.17. The molecule has 2 aromatic carbocycles. The van der Waals surface area contributed by atoms with Crippen molar-refractivity contribution in [3.63, 3.8) is 0 Å². The number of rotatable bonds is 3. The minimum atomic E-state index is -0.114. The van der Waals surface area contributed by atoms with Gasteiger partial charge in [0.1, 0.15) is 5.75 Å². The maximum atomic E-state index is 12.6. The summed E-state index contributed by atoms with van der Waals surface area (Å²) in [5, 5.41) is 0. The number of carbonyl (C=O) groups excluding carboxylic acids is 1. The van der Waals surface area contributed by atoms with Crippen LogP contribution in [0.2, 0.25) is 0 Å². The van der Waals surface area contributed by atoms with Crippen LogP contribution in [-0.4, -0.2) is 12.9 Å². The molecule has 2 N–H and O–H groups in total. The lowest BCUT2D eigenvalue weighted by atomic mass is 9.99. The third kappa shape index (κ3) is 2.73. The molecule has 3 nitrogen and oxygen atoms in total. The highest BCUT2D eigenvalue weighted by Gasteiger charge is 2.17. The van der Waals surface area contributed by atoms with Crippen molar-refractivity contribution in [2.75, 3.05) is 12.8 Å². The normalized spacial score (nSPS) is 10.3. The highest BCUT2D eigenvalue weighted by molar-refractivity contribution is 14.1. The van der Waals surface area contributed by atoms with E-state index in [0.717, 1.165) is 9.13 Å². The third-order valence-electron chi connectivity index (χ3n) is 2.97. The second-order valence-electron chi connectivity index (χ2n) is 4.21. The van der Waals surface area contributed by atoms with Gasteiger partial charge in [0.25, 0.3) is 0 Å². The molecule has 0 aliphatic heterocycles. The first-order valence-corrected chi connectivity index (χ1v) is 6.85. The molecular formula is C15H14INO2. The van der Waals surface area contributed by atoms with E-state index in [1.165, 1.54) is 0 Å². The van der Waals surface area contributed by atoms with Gasteiger partial charge in [-0.2, -0.15) is 0 Å². The second-order valence-corrected chi connectivity index (χ2v) is 5.46. The molecule has 0 saturated heterocycles. The first-order chi connectivity index (χ1) is 9.04. The lowest BCUT2D eigenvalue weighted by Gasteiger charge is -2.11. The lowest BCUT2D eigenvalue weighted by molar-refractivity contribution is 0.103. The van der Waals surface area contributed by atoms with Crippen LogP contribution in [0.15, 0.2) is 36.4 Å². The average Bonchev–Trinajstić information content (AvgIpc) is 2.41. The summed E-state index contributed by atoms with van der Waals surface area (Å²) in [4.78, 5) is 12.6. The maximum Gasteiger partial charge on any atom is 0.198 e. The van der Waals surface area contributed by atoms with Crippen molar-refractivity contribution in [2.45, 2.75) is 6.92 Å². The number of methoxy groups -OCH3 is 1. The summed E-state index contributed by atoms with van der Waals surface area (Å²) < 4.78 is 6.23. The van der Waals surface area contributed by atoms with Crippen LogP contribution < -0.4 is 10.5 Å². The maximum absolute atomic E-state index is 12.6. The zero-order valence-corrected chi connectivity index (χ0v) is 12.9. The predicted octanol–water partition coefficient (Wildman–Crippen LogP) is 3.42. The predicted molar refractivity (Wildman–Crippen MR) is 84.7 cm³/mol. The van der Waals surface area contributed by atoms with Gasteiger partial charge < -0.3 is 10.5 Å². The Kier molecular flexibility index (Phi) is 4.09. The van der Waals surface area contributed by atoms with Crippen molar-refractivity contribution >= 4 is 34.1 Å².